The van der Waals surface area contributed by atoms with Crippen LogP contribution in [0.3, 0.4) is 0 Å². The van der Waals surface area contributed by atoms with Crippen molar-refractivity contribution in [2.75, 3.05) is 7.05 Å². The Morgan fingerprint density at radius 2 is 1.86 bits per heavy atom. The molecule has 124 valence electrons. The second kappa shape index (κ2) is 8.91. The van der Waals surface area contributed by atoms with Crippen LogP contribution in [0, 0.1) is 5.92 Å². The highest BCUT2D eigenvalue weighted by Crippen LogP contribution is 2.10. The minimum atomic E-state index is -0.421. The van der Waals surface area contributed by atoms with Crippen LogP contribution in [-0.2, 0) is 17.9 Å². The van der Waals surface area contributed by atoms with Crippen LogP contribution < -0.4 is 11.1 Å². The maximum atomic E-state index is 12.0. The summed E-state index contributed by atoms with van der Waals surface area (Å²) in [7, 11) is 2.12. The van der Waals surface area contributed by atoms with Gasteiger partial charge < -0.3 is 11.1 Å². The molecule has 4 heteroatoms. The van der Waals surface area contributed by atoms with Crippen LogP contribution in [0.4, 0.5) is 0 Å². The standard InChI is InChI=1S/C18H31N3O/c1-13(2)9-17(19)18(22)20-11-15-7-6-8-16(10-15)12-21(5)14(3)4/h6-8,10,13-14,17H,9,11-12,19H2,1-5H3,(H,20,22)/t17-/m0/s1. The first-order chi connectivity index (χ1) is 10.3. The molecule has 0 bridgehead atoms. The number of hydrogen-bond acceptors (Lipinski definition) is 3. The molecular weight excluding hydrogens is 274 g/mol. The molecule has 0 radical (unpaired) electrons. The normalized spacial score (nSPS) is 13.0. The van der Waals surface area contributed by atoms with E-state index in [0.29, 0.717) is 24.9 Å². The van der Waals surface area contributed by atoms with Crippen molar-refractivity contribution >= 4 is 5.91 Å². The van der Waals surface area contributed by atoms with E-state index in [9.17, 15) is 4.79 Å². The van der Waals surface area contributed by atoms with Gasteiger partial charge in [-0.3, -0.25) is 9.69 Å². The summed E-state index contributed by atoms with van der Waals surface area (Å²) in [4.78, 5) is 14.2. The summed E-state index contributed by atoms with van der Waals surface area (Å²) in [5, 5.41) is 2.93. The number of amides is 1. The van der Waals surface area contributed by atoms with Gasteiger partial charge in [-0.1, -0.05) is 38.1 Å². The molecule has 0 saturated carbocycles. The summed E-state index contributed by atoms with van der Waals surface area (Å²) >= 11 is 0. The van der Waals surface area contributed by atoms with Gasteiger partial charge >= 0.3 is 0 Å². The quantitative estimate of drug-likeness (QED) is 0.776. The van der Waals surface area contributed by atoms with E-state index in [-0.39, 0.29) is 5.91 Å². The van der Waals surface area contributed by atoms with E-state index in [2.05, 4.69) is 57.1 Å². The van der Waals surface area contributed by atoms with E-state index < -0.39 is 6.04 Å². The number of rotatable bonds is 8. The second-order valence-electron chi connectivity index (χ2n) is 6.78. The lowest BCUT2D eigenvalue weighted by atomic mass is 10.0. The first-order valence-electron chi connectivity index (χ1n) is 8.11. The van der Waals surface area contributed by atoms with Gasteiger partial charge in [-0.25, -0.2) is 0 Å². The highest BCUT2D eigenvalue weighted by Gasteiger charge is 2.14. The average molecular weight is 305 g/mol. The molecule has 3 N–H and O–H groups in total. The van der Waals surface area contributed by atoms with Gasteiger partial charge in [0.25, 0.3) is 0 Å². The Kier molecular flexibility index (Phi) is 7.56. The molecule has 0 aliphatic rings. The largest absolute Gasteiger partial charge is 0.351 e. The summed E-state index contributed by atoms with van der Waals surface area (Å²) in [5.74, 6) is 0.356. The fourth-order valence-corrected chi connectivity index (χ4v) is 2.24. The number of nitrogens with zero attached hydrogens (tertiary/aromatic N) is 1. The first-order valence-corrected chi connectivity index (χ1v) is 8.11. The third-order valence-corrected chi connectivity index (χ3v) is 3.83. The lowest BCUT2D eigenvalue weighted by molar-refractivity contribution is -0.122. The molecule has 1 amide bonds. The summed E-state index contributed by atoms with van der Waals surface area (Å²) in [6, 6.07) is 8.43. The Morgan fingerprint density at radius 3 is 2.45 bits per heavy atom. The molecule has 22 heavy (non-hydrogen) atoms. The van der Waals surface area contributed by atoms with E-state index in [0.717, 1.165) is 12.1 Å². The van der Waals surface area contributed by atoms with Crippen LogP contribution in [0.15, 0.2) is 24.3 Å². The van der Waals surface area contributed by atoms with Crippen LogP contribution in [0.25, 0.3) is 0 Å². The van der Waals surface area contributed by atoms with Crippen molar-refractivity contribution in [1.29, 1.82) is 0 Å². The molecule has 1 aromatic carbocycles. The van der Waals surface area contributed by atoms with Gasteiger partial charge in [0.1, 0.15) is 0 Å². The minimum absolute atomic E-state index is 0.0709. The molecule has 4 nitrogen and oxygen atoms in total. The predicted octanol–water partition coefficient (Wildman–Crippen LogP) is 2.52. The van der Waals surface area contributed by atoms with Crippen molar-refractivity contribution in [3.63, 3.8) is 0 Å². The van der Waals surface area contributed by atoms with Crippen LogP contribution in [0.2, 0.25) is 0 Å². The smallest absolute Gasteiger partial charge is 0.237 e. The van der Waals surface area contributed by atoms with E-state index in [1.807, 2.05) is 12.1 Å². The summed E-state index contributed by atoms with van der Waals surface area (Å²) in [6.07, 6.45) is 0.713. The molecule has 0 aromatic heterocycles. The number of carbonyl (C=O) groups is 1. The molecule has 0 aliphatic carbocycles. The number of carbonyl (C=O) groups excluding carboxylic acids is 1. The molecular formula is C18H31N3O. The molecule has 1 rings (SSSR count). The lowest BCUT2D eigenvalue weighted by Gasteiger charge is -2.21. The van der Waals surface area contributed by atoms with Gasteiger partial charge in [-0.05, 0) is 44.4 Å². The van der Waals surface area contributed by atoms with Gasteiger partial charge in [0, 0.05) is 19.1 Å². The second-order valence-corrected chi connectivity index (χ2v) is 6.78. The van der Waals surface area contributed by atoms with Crippen molar-refractivity contribution in [1.82, 2.24) is 10.2 Å². The highest BCUT2D eigenvalue weighted by atomic mass is 16.2. The zero-order valence-corrected chi connectivity index (χ0v) is 14.6. The van der Waals surface area contributed by atoms with E-state index >= 15 is 0 Å². The zero-order chi connectivity index (χ0) is 16.7. The fourth-order valence-electron chi connectivity index (χ4n) is 2.24. The maximum absolute atomic E-state index is 12.0. The Labute approximate surface area is 135 Å². The maximum Gasteiger partial charge on any atom is 0.237 e. The Hall–Kier alpha value is -1.39. The van der Waals surface area contributed by atoms with Gasteiger partial charge in [-0.15, -0.1) is 0 Å². The monoisotopic (exact) mass is 305 g/mol. The molecule has 0 unspecified atom stereocenters. The van der Waals surface area contributed by atoms with Gasteiger partial charge in [0.15, 0.2) is 0 Å². The zero-order valence-electron chi connectivity index (χ0n) is 14.6. The van der Waals surface area contributed by atoms with Crippen LogP contribution in [0.1, 0.15) is 45.2 Å². The van der Waals surface area contributed by atoms with Crippen molar-refractivity contribution < 1.29 is 4.79 Å². The van der Waals surface area contributed by atoms with Crippen LogP contribution in [-0.4, -0.2) is 29.9 Å². The average Bonchev–Trinajstić information content (AvgIpc) is 2.44. The van der Waals surface area contributed by atoms with E-state index in [4.69, 9.17) is 5.73 Å². The Balaban J connectivity index is 2.54. The van der Waals surface area contributed by atoms with Gasteiger partial charge in [0.05, 0.1) is 6.04 Å². The molecule has 0 aliphatic heterocycles. The number of nitrogens with one attached hydrogen (secondary N) is 1. The fraction of sp³-hybridized carbons (Fsp3) is 0.611. The Morgan fingerprint density at radius 1 is 1.23 bits per heavy atom. The SMILES string of the molecule is CC(C)C[C@H](N)C(=O)NCc1cccc(CN(C)C(C)C)c1. The van der Waals surface area contributed by atoms with Crippen molar-refractivity contribution in [2.45, 2.75) is 59.3 Å². The van der Waals surface area contributed by atoms with Crippen LogP contribution in [0.5, 0.6) is 0 Å². The lowest BCUT2D eigenvalue weighted by Crippen LogP contribution is -2.41. The molecule has 1 aromatic rings. The Bertz CT molecular complexity index is 471. The first kappa shape index (κ1) is 18.7. The molecule has 0 spiro atoms. The predicted molar refractivity (Wildman–Crippen MR) is 92.3 cm³/mol. The third kappa shape index (κ3) is 6.58. The van der Waals surface area contributed by atoms with Crippen LogP contribution >= 0.6 is 0 Å². The van der Waals surface area contributed by atoms with E-state index in [1.165, 1.54) is 5.56 Å². The topological polar surface area (TPSA) is 58.4 Å². The summed E-state index contributed by atoms with van der Waals surface area (Å²) in [5.41, 5.74) is 8.26. The third-order valence-electron chi connectivity index (χ3n) is 3.83. The highest BCUT2D eigenvalue weighted by molar-refractivity contribution is 5.81. The molecule has 0 heterocycles. The van der Waals surface area contributed by atoms with Gasteiger partial charge in [0.2, 0.25) is 5.91 Å². The summed E-state index contributed by atoms with van der Waals surface area (Å²) in [6.45, 7) is 9.94. The van der Waals surface area contributed by atoms with Crippen molar-refractivity contribution in [3.8, 4) is 0 Å². The number of hydrogen-bond donors (Lipinski definition) is 2. The number of benzene rings is 1. The molecule has 0 fully saturated rings. The molecule has 0 saturated heterocycles. The van der Waals surface area contributed by atoms with Gasteiger partial charge in [-0.2, -0.15) is 0 Å². The number of nitrogens with two attached hydrogens (primary N) is 1. The summed E-state index contributed by atoms with van der Waals surface area (Å²) < 4.78 is 0. The van der Waals surface area contributed by atoms with E-state index in [1.54, 1.807) is 0 Å². The minimum Gasteiger partial charge on any atom is -0.351 e. The van der Waals surface area contributed by atoms with Crippen molar-refractivity contribution in [3.05, 3.63) is 35.4 Å². The van der Waals surface area contributed by atoms with Crippen molar-refractivity contribution in [2.24, 2.45) is 11.7 Å². The molecule has 1 atom stereocenters.